The van der Waals surface area contributed by atoms with Gasteiger partial charge in [0.15, 0.2) is 5.65 Å². The van der Waals surface area contributed by atoms with Crippen LogP contribution in [0.3, 0.4) is 0 Å². The second-order valence-electron chi connectivity index (χ2n) is 5.77. The molecule has 0 bridgehead atoms. The number of nitrogens with zero attached hydrogens (tertiary/aromatic N) is 7. The molecule has 0 spiro atoms. The number of aromatic nitrogens is 7. The van der Waals surface area contributed by atoms with Gasteiger partial charge < -0.3 is 15.6 Å². The summed E-state index contributed by atoms with van der Waals surface area (Å²) in [6.07, 6.45) is 0.150. The average Bonchev–Trinajstić information content (AvgIpc) is 3.37. The summed E-state index contributed by atoms with van der Waals surface area (Å²) in [6.45, 7) is 0.354. The molecule has 27 heavy (non-hydrogen) atoms. The van der Waals surface area contributed by atoms with Crippen LogP contribution in [0.4, 0.5) is 11.6 Å². The minimum absolute atomic E-state index is 0.0204. The Kier molecular flexibility index (Phi) is 3.22. The number of para-hydroxylation sites is 1. The molecule has 12 nitrogen and oxygen atoms in total. The molecule has 0 aliphatic heterocycles. The van der Waals surface area contributed by atoms with Crippen LogP contribution in [0.1, 0.15) is 6.42 Å². The lowest BCUT2D eigenvalue weighted by Gasteiger charge is -2.06. The topological polar surface area (TPSA) is 164 Å². The zero-order valence-corrected chi connectivity index (χ0v) is 13.7. The Hall–Kier alpha value is -4.09. The van der Waals surface area contributed by atoms with E-state index in [0.29, 0.717) is 29.0 Å². The minimum atomic E-state index is -0.291. The first-order valence-electron chi connectivity index (χ1n) is 7.96. The number of nitrogens with one attached hydrogen (secondary N) is 1. The number of nitrogens with two attached hydrogens (primary N) is 1. The fourth-order valence-corrected chi connectivity index (χ4v) is 2.94. The van der Waals surface area contributed by atoms with Gasteiger partial charge in [-0.3, -0.25) is 4.79 Å². The van der Waals surface area contributed by atoms with Gasteiger partial charge in [0.25, 0.3) is 0 Å². The first kappa shape index (κ1) is 15.2. The van der Waals surface area contributed by atoms with Gasteiger partial charge in [0.1, 0.15) is 5.52 Å². The van der Waals surface area contributed by atoms with Crippen molar-refractivity contribution >= 4 is 50.9 Å². The maximum atomic E-state index is 12.2. The van der Waals surface area contributed by atoms with Crippen LogP contribution in [0, 0.1) is 0 Å². The van der Waals surface area contributed by atoms with Gasteiger partial charge in [-0.25, -0.2) is 19.2 Å². The van der Waals surface area contributed by atoms with Crippen LogP contribution in [0.2, 0.25) is 0 Å². The van der Waals surface area contributed by atoms with E-state index in [1.807, 2.05) is 28.8 Å². The van der Waals surface area contributed by atoms with E-state index in [1.54, 1.807) is 0 Å². The quantitative estimate of drug-likeness (QED) is 0.471. The third-order valence-electron chi connectivity index (χ3n) is 4.14. The lowest BCUT2D eigenvalue weighted by molar-refractivity contribution is -0.116. The van der Waals surface area contributed by atoms with Crippen LogP contribution < -0.4 is 11.1 Å². The molecule has 0 aliphatic rings. The van der Waals surface area contributed by atoms with Gasteiger partial charge in [-0.1, -0.05) is 18.2 Å². The average molecular weight is 365 g/mol. The predicted octanol–water partition coefficient (Wildman–Crippen LogP) is 1.11. The number of aryl methyl sites for hydroxylation is 1. The standard InChI is InChI=1S/C15H11N9O3/c16-11-12(21-26-20-11)17-9(25)5-6-24-8-4-2-1-3-7(8)10-15(24)19-14-13(18-10)22-27-23-14/h1-4H,5-6H2,(H2,16,20)(H,17,21,25). The number of benzene rings is 1. The van der Waals surface area contributed by atoms with E-state index >= 15 is 0 Å². The number of nitrogen functional groups attached to an aromatic ring is 1. The van der Waals surface area contributed by atoms with Crippen LogP contribution in [0.5, 0.6) is 0 Å². The smallest absolute Gasteiger partial charge is 0.245 e. The highest BCUT2D eigenvalue weighted by Crippen LogP contribution is 2.27. The van der Waals surface area contributed by atoms with E-state index in [4.69, 9.17) is 10.4 Å². The monoisotopic (exact) mass is 365 g/mol. The largest absolute Gasteiger partial charge is 0.378 e. The van der Waals surface area contributed by atoms with Crippen LogP contribution in [0.25, 0.3) is 33.4 Å². The molecular formula is C15H11N9O3. The van der Waals surface area contributed by atoms with Crippen molar-refractivity contribution in [3.05, 3.63) is 24.3 Å². The maximum Gasteiger partial charge on any atom is 0.245 e. The van der Waals surface area contributed by atoms with Crippen molar-refractivity contribution in [2.45, 2.75) is 13.0 Å². The minimum Gasteiger partial charge on any atom is -0.378 e. The van der Waals surface area contributed by atoms with Gasteiger partial charge in [-0.15, -0.1) is 0 Å². The van der Waals surface area contributed by atoms with E-state index in [0.717, 1.165) is 10.9 Å². The third kappa shape index (κ3) is 2.42. The van der Waals surface area contributed by atoms with Crippen LogP contribution in [-0.4, -0.2) is 41.1 Å². The normalized spacial score (nSPS) is 11.6. The third-order valence-corrected chi connectivity index (χ3v) is 4.14. The summed E-state index contributed by atoms with van der Waals surface area (Å²) < 4.78 is 11.1. The van der Waals surface area contributed by atoms with Crippen molar-refractivity contribution < 1.29 is 14.1 Å². The first-order chi connectivity index (χ1) is 13.2. The highest BCUT2D eigenvalue weighted by Gasteiger charge is 2.17. The Labute approximate surface area is 149 Å². The van der Waals surface area contributed by atoms with Crippen molar-refractivity contribution in [2.24, 2.45) is 0 Å². The number of rotatable bonds is 4. The summed E-state index contributed by atoms with van der Waals surface area (Å²) in [7, 11) is 0. The molecule has 12 heteroatoms. The Morgan fingerprint density at radius 2 is 1.85 bits per heavy atom. The van der Waals surface area contributed by atoms with Crippen molar-refractivity contribution in [1.29, 1.82) is 0 Å². The molecule has 4 heterocycles. The molecule has 134 valence electrons. The van der Waals surface area contributed by atoms with E-state index in [2.05, 4.69) is 40.5 Å². The molecule has 1 amide bonds. The summed E-state index contributed by atoms with van der Waals surface area (Å²) in [5.41, 5.74) is 8.33. The summed E-state index contributed by atoms with van der Waals surface area (Å²) in [4.78, 5) is 21.2. The SMILES string of the molecule is Nc1nonc1NC(=O)CCn1c2ccccc2c2nc3nonc3nc21. The first-order valence-corrected chi connectivity index (χ1v) is 7.96. The molecule has 4 aromatic heterocycles. The molecule has 1 aromatic carbocycles. The second-order valence-corrected chi connectivity index (χ2v) is 5.77. The molecule has 3 N–H and O–H groups in total. The zero-order chi connectivity index (χ0) is 18.4. The molecule has 5 rings (SSSR count). The van der Waals surface area contributed by atoms with Crippen molar-refractivity contribution in [3.8, 4) is 0 Å². The van der Waals surface area contributed by atoms with Gasteiger partial charge in [0.2, 0.25) is 28.8 Å². The van der Waals surface area contributed by atoms with Crippen LogP contribution >= 0.6 is 0 Å². The van der Waals surface area contributed by atoms with Crippen molar-refractivity contribution in [3.63, 3.8) is 0 Å². The summed E-state index contributed by atoms with van der Waals surface area (Å²) in [5.74, 6) is -0.176. The molecule has 0 atom stereocenters. The van der Waals surface area contributed by atoms with Crippen LogP contribution in [-0.2, 0) is 11.3 Å². The molecule has 0 saturated carbocycles. The Morgan fingerprint density at radius 1 is 1.07 bits per heavy atom. The fraction of sp³-hybridized carbons (Fsp3) is 0.133. The molecule has 0 fully saturated rings. The highest BCUT2D eigenvalue weighted by molar-refractivity contribution is 6.06. The molecular weight excluding hydrogens is 354 g/mol. The number of carbonyl (C=O) groups excluding carboxylic acids is 1. The number of hydrogen-bond acceptors (Lipinski definition) is 10. The molecule has 5 aromatic rings. The van der Waals surface area contributed by atoms with E-state index < -0.39 is 0 Å². The van der Waals surface area contributed by atoms with Crippen molar-refractivity contribution in [2.75, 3.05) is 11.1 Å². The van der Waals surface area contributed by atoms with Crippen LogP contribution in [0.15, 0.2) is 33.5 Å². The van der Waals surface area contributed by atoms with Crippen molar-refractivity contribution in [1.82, 2.24) is 35.2 Å². The number of hydrogen-bond donors (Lipinski definition) is 2. The number of fused-ring (bicyclic) bond motifs is 4. The van der Waals surface area contributed by atoms with E-state index in [1.165, 1.54) is 0 Å². The lowest BCUT2D eigenvalue weighted by atomic mass is 10.2. The highest BCUT2D eigenvalue weighted by atomic mass is 16.6. The summed E-state index contributed by atoms with van der Waals surface area (Å²) in [5, 5.41) is 17.9. The van der Waals surface area contributed by atoms with E-state index in [9.17, 15) is 4.79 Å². The molecule has 0 aliphatic carbocycles. The Morgan fingerprint density at radius 3 is 2.67 bits per heavy atom. The predicted molar refractivity (Wildman–Crippen MR) is 92.4 cm³/mol. The Balaban J connectivity index is 1.53. The van der Waals surface area contributed by atoms with Gasteiger partial charge in [-0.2, -0.15) is 0 Å². The lowest BCUT2D eigenvalue weighted by Crippen LogP contribution is -2.15. The second kappa shape index (κ2) is 5.72. The van der Waals surface area contributed by atoms with Gasteiger partial charge in [0, 0.05) is 18.4 Å². The fourth-order valence-electron chi connectivity index (χ4n) is 2.94. The molecule has 0 unspecified atom stereocenters. The molecule has 0 saturated heterocycles. The van der Waals surface area contributed by atoms with Gasteiger partial charge >= 0.3 is 0 Å². The molecule has 0 radical (unpaired) electrons. The number of amides is 1. The van der Waals surface area contributed by atoms with E-state index in [-0.39, 0.29) is 24.0 Å². The number of carbonyl (C=O) groups is 1. The maximum absolute atomic E-state index is 12.2. The van der Waals surface area contributed by atoms with Gasteiger partial charge in [-0.05, 0) is 26.7 Å². The Bertz CT molecular complexity index is 1300. The summed E-state index contributed by atoms with van der Waals surface area (Å²) in [6, 6.07) is 7.69. The number of anilines is 2. The zero-order valence-electron chi connectivity index (χ0n) is 13.7. The van der Waals surface area contributed by atoms with Gasteiger partial charge in [0.05, 0.1) is 5.52 Å². The summed E-state index contributed by atoms with van der Waals surface area (Å²) >= 11 is 0.